The van der Waals surface area contributed by atoms with Gasteiger partial charge in [0.05, 0.1) is 11.3 Å². The van der Waals surface area contributed by atoms with Crippen LogP contribution in [0.4, 0.5) is 4.79 Å². The van der Waals surface area contributed by atoms with Gasteiger partial charge in [-0.2, -0.15) is 0 Å². The van der Waals surface area contributed by atoms with Crippen molar-refractivity contribution in [3.63, 3.8) is 0 Å². The number of hydrogen-bond donors (Lipinski definition) is 2. The Labute approximate surface area is 154 Å². The summed E-state index contributed by atoms with van der Waals surface area (Å²) >= 11 is 0. The van der Waals surface area contributed by atoms with Gasteiger partial charge in [-0.05, 0) is 31.2 Å². The van der Waals surface area contributed by atoms with Gasteiger partial charge in [0, 0.05) is 19.5 Å². The Morgan fingerprint density at radius 3 is 2.46 bits per heavy atom. The molecule has 1 aliphatic carbocycles. The van der Waals surface area contributed by atoms with Crippen LogP contribution in [0.2, 0.25) is 0 Å². The topological polar surface area (TPSA) is 95.6 Å². The number of carbonyl (C=O) groups excluding carboxylic acids is 2. The number of imide groups is 1. The standard InChI is InChI=1S/C18H25N3O4S/c22-16-9-13-21(17(23)19-16)12-5-2-6-14-26(24,25)20-18(10-11-18)15-7-3-1-4-8-15/h1,3-4,7-8,20H,2,5-6,9-14H2,(H,19,22,23). The number of amides is 3. The maximum absolute atomic E-state index is 12.4. The second-order valence-corrected chi connectivity index (χ2v) is 8.86. The summed E-state index contributed by atoms with van der Waals surface area (Å²) in [5.41, 5.74) is 0.604. The largest absolute Gasteiger partial charge is 0.324 e. The van der Waals surface area contributed by atoms with E-state index < -0.39 is 15.6 Å². The predicted molar refractivity (Wildman–Crippen MR) is 97.9 cm³/mol. The van der Waals surface area contributed by atoms with Crippen LogP contribution in [0, 0.1) is 0 Å². The molecule has 1 saturated carbocycles. The van der Waals surface area contributed by atoms with E-state index in [4.69, 9.17) is 0 Å². The first-order chi connectivity index (χ1) is 12.4. The van der Waals surface area contributed by atoms with E-state index in [1.165, 1.54) is 0 Å². The lowest BCUT2D eigenvalue weighted by atomic mass is 10.1. The minimum Gasteiger partial charge on any atom is -0.324 e. The van der Waals surface area contributed by atoms with Gasteiger partial charge < -0.3 is 4.90 Å². The maximum Gasteiger partial charge on any atom is 0.324 e. The smallest absolute Gasteiger partial charge is 0.324 e. The average molecular weight is 379 g/mol. The lowest BCUT2D eigenvalue weighted by Crippen LogP contribution is -2.49. The van der Waals surface area contributed by atoms with Gasteiger partial charge in [-0.3, -0.25) is 10.1 Å². The summed E-state index contributed by atoms with van der Waals surface area (Å²) in [5.74, 6) is -0.150. The molecule has 1 aliphatic heterocycles. The molecule has 1 aromatic rings. The number of benzene rings is 1. The third kappa shape index (κ3) is 4.82. The highest BCUT2D eigenvalue weighted by Gasteiger charge is 2.46. The Kier molecular flexibility index (Phi) is 5.62. The van der Waals surface area contributed by atoms with Crippen LogP contribution in [-0.2, 0) is 20.4 Å². The second kappa shape index (κ2) is 7.75. The third-order valence-corrected chi connectivity index (χ3v) is 6.44. The van der Waals surface area contributed by atoms with Gasteiger partial charge in [-0.25, -0.2) is 17.9 Å². The fourth-order valence-corrected chi connectivity index (χ4v) is 4.87. The van der Waals surface area contributed by atoms with E-state index in [0.29, 0.717) is 25.9 Å². The van der Waals surface area contributed by atoms with Gasteiger partial charge in [0.25, 0.3) is 0 Å². The molecule has 2 fully saturated rings. The van der Waals surface area contributed by atoms with E-state index in [9.17, 15) is 18.0 Å². The van der Waals surface area contributed by atoms with Crippen LogP contribution in [0.1, 0.15) is 44.1 Å². The van der Waals surface area contributed by atoms with E-state index in [1.54, 1.807) is 4.90 Å². The molecule has 0 bridgehead atoms. The molecule has 2 N–H and O–H groups in total. The van der Waals surface area contributed by atoms with Crippen molar-refractivity contribution in [1.82, 2.24) is 14.9 Å². The molecule has 1 saturated heterocycles. The summed E-state index contributed by atoms with van der Waals surface area (Å²) in [7, 11) is -3.34. The SMILES string of the molecule is O=C1CCN(CCCCCS(=O)(=O)NC2(c3ccccc3)CC2)C(=O)N1. The summed E-state index contributed by atoms with van der Waals surface area (Å²) in [4.78, 5) is 24.3. The molecule has 142 valence electrons. The zero-order valence-electron chi connectivity index (χ0n) is 14.7. The molecule has 1 heterocycles. The molecule has 7 nitrogen and oxygen atoms in total. The fourth-order valence-electron chi connectivity index (χ4n) is 3.26. The van der Waals surface area contributed by atoms with Crippen molar-refractivity contribution in [3.8, 4) is 0 Å². The normalized spacial score (nSPS) is 19.3. The van der Waals surface area contributed by atoms with Crippen LogP contribution in [0.25, 0.3) is 0 Å². The number of urea groups is 1. The lowest BCUT2D eigenvalue weighted by molar-refractivity contribution is -0.121. The summed E-state index contributed by atoms with van der Waals surface area (Å²) in [6.07, 6.45) is 3.98. The number of nitrogens with one attached hydrogen (secondary N) is 2. The molecular formula is C18H25N3O4S. The number of nitrogens with zero attached hydrogens (tertiary/aromatic N) is 1. The molecule has 0 spiro atoms. The van der Waals surface area contributed by atoms with Gasteiger partial charge in [0.2, 0.25) is 15.9 Å². The molecule has 26 heavy (non-hydrogen) atoms. The van der Waals surface area contributed by atoms with Crippen molar-refractivity contribution < 1.29 is 18.0 Å². The number of carbonyl (C=O) groups is 2. The molecule has 1 aromatic carbocycles. The zero-order chi connectivity index (χ0) is 18.6. The van der Waals surface area contributed by atoms with Crippen LogP contribution < -0.4 is 10.0 Å². The number of unbranched alkanes of at least 4 members (excludes halogenated alkanes) is 2. The molecular weight excluding hydrogens is 354 g/mol. The Bertz CT molecular complexity index is 760. The summed E-state index contributed by atoms with van der Waals surface area (Å²) in [5, 5.41) is 2.28. The second-order valence-electron chi connectivity index (χ2n) is 7.02. The van der Waals surface area contributed by atoms with Gasteiger partial charge in [-0.15, -0.1) is 0 Å². The first-order valence-corrected chi connectivity index (χ1v) is 10.7. The van der Waals surface area contributed by atoms with Crippen molar-refractivity contribution in [2.24, 2.45) is 0 Å². The summed E-state index contributed by atoms with van der Waals surface area (Å²) < 4.78 is 27.7. The van der Waals surface area contributed by atoms with Crippen molar-refractivity contribution in [2.45, 2.75) is 44.1 Å². The minimum atomic E-state index is -3.34. The van der Waals surface area contributed by atoms with Crippen LogP contribution in [0.15, 0.2) is 30.3 Å². The average Bonchev–Trinajstić information content (AvgIpc) is 3.37. The van der Waals surface area contributed by atoms with Crippen molar-refractivity contribution in [1.29, 1.82) is 0 Å². The van der Waals surface area contributed by atoms with E-state index in [0.717, 1.165) is 31.2 Å². The van der Waals surface area contributed by atoms with Crippen molar-refractivity contribution in [3.05, 3.63) is 35.9 Å². The fraction of sp³-hybridized carbons (Fsp3) is 0.556. The van der Waals surface area contributed by atoms with Gasteiger partial charge in [0.1, 0.15) is 0 Å². The van der Waals surface area contributed by atoms with Crippen LogP contribution in [0.3, 0.4) is 0 Å². The van der Waals surface area contributed by atoms with E-state index >= 15 is 0 Å². The number of hydrogen-bond acceptors (Lipinski definition) is 4. The number of sulfonamides is 1. The molecule has 8 heteroatoms. The lowest BCUT2D eigenvalue weighted by Gasteiger charge is -2.26. The Morgan fingerprint density at radius 1 is 1.08 bits per heavy atom. The van der Waals surface area contributed by atoms with E-state index in [2.05, 4.69) is 10.0 Å². The van der Waals surface area contributed by atoms with E-state index in [1.807, 2.05) is 30.3 Å². The molecule has 3 amide bonds. The van der Waals surface area contributed by atoms with Crippen LogP contribution in [0.5, 0.6) is 0 Å². The molecule has 0 radical (unpaired) electrons. The first-order valence-electron chi connectivity index (χ1n) is 9.06. The Hall–Kier alpha value is -1.93. The van der Waals surface area contributed by atoms with Gasteiger partial charge >= 0.3 is 6.03 Å². The molecule has 0 unspecified atom stereocenters. The van der Waals surface area contributed by atoms with Crippen molar-refractivity contribution >= 4 is 22.0 Å². The van der Waals surface area contributed by atoms with Crippen LogP contribution in [-0.4, -0.2) is 44.1 Å². The van der Waals surface area contributed by atoms with Gasteiger partial charge in [0.15, 0.2) is 0 Å². The summed E-state index contributed by atoms with van der Waals surface area (Å²) in [6.45, 7) is 0.977. The zero-order valence-corrected chi connectivity index (χ0v) is 15.6. The molecule has 0 atom stereocenters. The maximum atomic E-state index is 12.4. The molecule has 2 aliphatic rings. The highest BCUT2D eigenvalue weighted by Crippen LogP contribution is 2.45. The minimum absolute atomic E-state index is 0.0895. The monoisotopic (exact) mass is 379 g/mol. The Morgan fingerprint density at radius 2 is 1.81 bits per heavy atom. The van der Waals surface area contributed by atoms with E-state index in [-0.39, 0.29) is 17.7 Å². The first kappa shape index (κ1) is 18.8. The van der Waals surface area contributed by atoms with Crippen LogP contribution >= 0.6 is 0 Å². The Balaban J connectivity index is 1.39. The molecule has 0 aromatic heterocycles. The van der Waals surface area contributed by atoms with Gasteiger partial charge in [-0.1, -0.05) is 36.8 Å². The molecule has 3 rings (SSSR count). The van der Waals surface area contributed by atoms with Crippen molar-refractivity contribution in [2.75, 3.05) is 18.8 Å². The quantitative estimate of drug-likeness (QED) is 0.639. The third-order valence-electron chi connectivity index (χ3n) is 4.91. The highest BCUT2D eigenvalue weighted by molar-refractivity contribution is 7.89. The highest BCUT2D eigenvalue weighted by atomic mass is 32.2. The summed E-state index contributed by atoms with van der Waals surface area (Å²) in [6, 6.07) is 9.34. The predicted octanol–water partition coefficient (Wildman–Crippen LogP) is 1.71. The number of rotatable bonds is 9.